The Morgan fingerprint density at radius 3 is 2.58 bits per heavy atom. The average Bonchev–Trinajstić information content (AvgIpc) is 3.23. The van der Waals surface area contributed by atoms with Crippen molar-refractivity contribution < 1.29 is 19.2 Å². The lowest BCUT2D eigenvalue weighted by molar-refractivity contribution is -0.150. The lowest BCUT2D eigenvalue weighted by atomic mass is 9.76. The molecular formula is C18H20N2O4. The topological polar surface area (TPSA) is 83.6 Å². The molecule has 6 nitrogen and oxygen atoms in total. The van der Waals surface area contributed by atoms with Crippen LogP contribution >= 0.6 is 0 Å². The van der Waals surface area contributed by atoms with Crippen molar-refractivity contribution in [2.45, 2.75) is 20.3 Å². The number of carboxylic acid groups (broad SMARTS) is 1. The van der Waals surface area contributed by atoms with Gasteiger partial charge in [0, 0.05) is 24.7 Å². The highest BCUT2D eigenvalue weighted by Gasteiger charge is 2.49. The van der Waals surface area contributed by atoms with Gasteiger partial charge in [-0.25, -0.2) is 0 Å². The Hall–Kier alpha value is -2.63. The molecule has 1 aliphatic rings. The van der Waals surface area contributed by atoms with E-state index in [9.17, 15) is 14.7 Å². The molecule has 1 atom stereocenters. The minimum atomic E-state index is -0.891. The smallest absolute Gasteiger partial charge is 0.311 e. The van der Waals surface area contributed by atoms with Crippen LogP contribution in [0.4, 0.5) is 0 Å². The lowest BCUT2D eigenvalue weighted by Gasteiger charge is -2.28. The summed E-state index contributed by atoms with van der Waals surface area (Å²) in [6.07, 6.45) is 0.450. The maximum atomic E-state index is 12.6. The van der Waals surface area contributed by atoms with Crippen LogP contribution in [0.3, 0.4) is 0 Å². The molecule has 1 aromatic heterocycles. The van der Waals surface area contributed by atoms with Crippen LogP contribution in [0.25, 0.3) is 11.3 Å². The zero-order chi connectivity index (χ0) is 17.3. The molecule has 1 unspecified atom stereocenters. The van der Waals surface area contributed by atoms with Gasteiger partial charge in [-0.05, 0) is 12.3 Å². The number of aromatic nitrogens is 1. The molecule has 1 aliphatic heterocycles. The van der Waals surface area contributed by atoms with Crippen molar-refractivity contribution in [2.24, 2.45) is 11.3 Å². The van der Waals surface area contributed by atoms with Gasteiger partial charge in [0.2, 0.25) is 5.76 Å². The Bertz CT molecular complexity index is 753. The molecule has 0 bridgehead atoms. The van der Waals surface area contributed by atoms with Gasteiger partial charge in [0.1, 0.15) is 5.69 Å². The van der Waals surface area contributed by atoms with E-state index in [4.69, 9.17) is 4.52 Å². The fourth-order valence-corrected chi connectivity index (χ4v) is 3.18. The highest BCUT2D eigenvalue weighted by atomic mass is 16.5. The first-order valence-electron chi connectivity index (χ1n) is 7.99. The van der Waals surface area contributed by atoms with Crippen molar-refractivity contribution in [3.05, 3.63) is 42.2 Å². The Morgan fingerprint density at radius 2 is 2.00 bits per heavy atom. The molecule has 2 aromatic rings. The summed E-state index contributed by atoms with van der Waals surface area (Å²) in [4.78, 5) is 25.9. The van der Waals surface area contributed by atoms with E-state index in [-0.39, 0.29) is 24.1 Å². The van der Waals surface area contributed by atoms with Gasteiger partial charge in [0.25, 0.3) is 5.91 Å². The fourth-order valence-electron chi connectivity index (χ4n) is 3.18. The second-order valence-electron chi connectivity index (χ2n) is 6.54. The summed E-state index contributed by atoms with van der Waals surface area (Å²) < 4.78 is 5.19. The van der Waals surface area contributed by atoms with Crippen LogP contribution < -0.4 is 0 Å². The Kier molecular flexibility index (Phi) is 4.13. The van der Waals surface area contributed by atoms with E-state index in [1.165, 1.54) is 0 Å². The number of nitrogens with zero attached hydrogens (tertiary/aromatic N) is 2. The molecule has 126 valence electrons. The standard InChI is InChI=1S/C18H20N2O4/c1-12(2)18(17(22)23)8-9-20(11-18)16(21)15-10-14(19-24-15)13-6-4-3-5-7-13/h3-7,10,12H,8-9,11H2,1-2H3,(H,22,23). The maximum absolute atomic E-state index is 12.6. The lowest BCUT2D eigenvalue weighted by Crippen LogP contribution is -2.40. The average molecular weight is 328 g/mol. The van der Waals surface area contributed by atoms with Crippen molar-refractivity contribution in [1.82, 2.24) is 10.1 Å². The largest absolute Gasteiger partial charge is 0.481 e. The number of hydrogen-bond acceptors (Lipinski definition) is 4. The zero-order valence-electron chi connectivity index (χ0n) is 13.7. The fraction of sp³-hybridized carbons (Fsp3) is 0.389. The summed E-state index contributed by atoms with van der Waals surface area (Å²) in [7, 11) is 0. The van der Waals surface area contributed by atoms with Crippen molar-refractivity contribution in [1.29, 1.82) is 0 Å². The minimum absolute atomic E-state index is 0.0533. The van der Waals surface area contributed by atoms with Crippen molar-refractivity contribution in [3.8, 4) is 11.3 Å². The van der Waals surface area contributed by atoms with E-state index in [0.717, 1.165) is 5.56 Å². The summed E-state index contributed by atoms with van der Waals surface area (Å²) in [6.45, 7) is 4.36. The summed E-state index contributed by atoms with van der Waals surface area (Å²) in [6, 6.07) is 11.0. The van der Waals surface area contributed by atoms with Gasteiger partial charge >= 0.3 is 5.97 Å². The number of benzene rings is 1. The van der Waals surface area contributed by atoms with Gasteiger partial charge in [0.05, 0.1) is 5.41 Å². The molecule has 1 N–H and O–H groups in total. The molecular weight excluding hydrogens is 308 g/mol. The number of likely N-dealkylation sites (tertiary alicyclic amines) is 1. The highest BCUT2D eigenvalue weighted by molar-refractivity contribution is 5.93. The summed E-state index contributed by atoms with van der Waals surface area (Å²) in [5.74, 6) is -1.08. The SMILES string of the molecule is CC(C)C1(C(=O)O)CCN(C(=O)c2cc(-c3ccccc3)no2)C1. The van der Waals surface area contributed by atoms with Crippen LogP contribution in [-0.2, 0) is 4.79 Å². The third-order valence-electron chi connectivity index (χ3n) is 4.91. The molecule has 0 aliphatic carbocycles. The normalized spacial score (nSPS) is 20.5. The van der Waals surface area contributed by atoms with Crippen LogP contribution in [-0.4, -0.2) is 40.1 Å². The molecule has 24 heavy (non-hydrogen) atoms. The number of hydrogen-bond donors (Lipinski definition) is 1. The monoisotopic (exact) mass is 328 g/mol. The molecule has 1 saturated heterocycles. The molecule has 0 spiro atoms. The summed E-state index contributed by atoms with van der Waals surface area (Å²) in [5, 5.41) is 13.5. The quantitative estimate of drug-likeness (QED) is 0.933. The second kappa shape index (κ2) is 6.11. The number of carbonyl (C=O) groups is 2. The highest BCUT2D eigenvalue weighted by Crippen LogP contribution is 2.38. The molecule has 2 heterocycles. The molecule has 0 radical (unpaired) electrons. The van der Waals surface area contributed by atoms with E-state index < -0.39 is 11.4 Å². The predicted octanol–water partition coefficient (Wildman–Crippen LogP) is 2.91. The third kappa shape index (κ3) is 2.68. The summed E-state index contributed by atoms with van der Waals surface area (Å²) >= 11 is 0. The number of rotatable bonds is 4. The van der Waals surface area contributed by atoms with E-state index >= 15 is 0 Å². The summed E-state index contributed by atoms with van der Waals surface area (Å²) in [5.41, 5.74) is 0.563. The van der Waals surface area contributed by atoms with E-state index in [2.05, 4.69) is 5.16 Å². The molecule has 1 fully saturated rings. The Morgan fingerprint density at radius 1 is 1.29 bits per heavy atom. The van der Waals surface area contributed by atoms with Crippen LogP contribution in [0.1, 0.15) is 30.8 Å². The molecule has 1 aromatic carbocycles. The minimum Gasteiger partial charge on any atom is -0.481 e. The first-order chi connectivity index (χ1) is 11.4. The number of carboxylic acids is 1. The molecule has 0 saturated carbocycles. The Balaban J connectivity index is 1.79. The maximum Gasteiger partial charge on any atom is 0.311 e. The van der Waals surface area contributed by atoms with E-state index in [1.54, 1.807) is 11.0 Å². The van der Waals surface area contributed by atoms with Gasteiger partial charge in [-0.2, -0.15) is 0 Å². The zero-order valence-corrected chi connectivity index (χ0v) is 13.7. The van der Waals surface area contributed by atoms with Crippen LogP contribution in [0.5, 0.6) is 0 Å². The van der Waals surface area contributed by atoms with Gasteiger partial charge < -0.3 is 14.5 Å². The van der Waals surface area contributed by atoms with E-state index in [1.807, 2.05) is 44.2 Å². The van der Waals surface area contributed by atoms with Crippen molar-refractivity contribution >= 4 is 11.9 Å². The Labute approximate surface area is 140 Å². The second-order valence-corrected chi connectivity index (χ2v) is 6.54. The number of carbonyl (C=O) groups excluding carboxylic acids is 1. The first kappa shape index (κ1) is 16.2. The molecule has 6 heteroatoms. The van der Waals surface area contributed by atoms with Crippen molar-refractivity contribution in [2.75, 3.05) is 13.1 Å². The van der Waals surface area contributed by atoms with E-state index in [0.29, 0.717) is 18.7 Å². The van der Waals surface area contributed by atoms with Crippen molar-refractivity contribution in [3.63, 3.8) is 0 Å². The van der Waals surface area contributed by atoms with Gasteiger partial charge in [-0.15, -0.1) is 0 Å². The molecule has 3 rings (SSSR count). The van der Waals surface area contributed by atoms with Crippen LogP contribution in [0, 0.1) is 11.3 Å². The van der Waals surface area contributed by atoms with Gasteiger partial charge in [0.15, 0.2) is 0 Å². The van der Waals surface area contributed by atoms with Crippen LogP contribution in [0.2, 0.25) is 0 Å². The van der Waals surface area contributed by atoms with Gasteiger partial charge in [-0.3, -0.25) is 9.59 Å². The third-order valence-corrected chi connectivity index (χ3v) is 4.91. The number of amides is 1. The predicted molar refractivity (Wildman–Crippen MR) is 87.4 cm³/mol. The van der Waals surface area contributed by atoms with Gasteiger partial charge in [-0.1, -0.05) is 49.3 Å². The van der Waals surface area contributed by atoms with Crippen LogP contribution in [0.15, 0.2) is 40.9 Å². The molecule has 1 amide bonds. The number of aliphatic carboxylic acids is 1. The first-order valence-corrected chi connectivity index (χ1v) is 7.99.